The molecule has 1 heterocycles. The number of carbonyl (C=O) groups is 1. The SMILES string of the molecule is Cc1[nH]nc(C(=O)Nc2cc(Br)cc(C(F)(F)F)c2)c1N. The lowest BCUT2D eigenvalue weighted by atomic mass is 10.2. The van der Waals surface area contributed by atoms with Gasteiger partial charge in [0.05, 0.1) is 16.9 Å². The van der Waals surface area contributed by atoms with Gasteiger partial charge in [0.15, 0.2) is 5.69 Å². The summed E-state index contributed by atoms with van der Waals surface area (Å²) in [6.45, 7) is 1.62. The summed E-state index contributed by atoms with van der Waals surface area (Å²) in [6, 6.07) is 3.10. The molecular weight excluding hydrogens is 353 g/mol. The van der Waals surface area contributed by atoms with Gasteiger partial charge in [-0.05, 0) is 25.1 Å². The van der Waals surface area contributed by atoms with Crippen molar-refractivity contribution in [2.45, 2.75) is 13.1 Å². The summed E-state index contributed by atoms with van der Waals surface area (Å²) in [5, 5.41) is 8.57. The molecule has 0 aliphatic rings. The fourth-order valence-corrected chi connectivity index (χ4v) is 2.12. The molecule has 1 amide bonds. The fourth-order valence-electron chi connectivity index (χ4n) is 1.63. The number of anilines is 2. The van der Waals surface area contributed by atoms with Crippen LogP contribution in [0, 0.1) is 6.92 Å². The molecule has 0 unspecified atom stereocenters. The molecule has 0 aliphatic heterocycles. The number of hydrogen-bond acceptors (Lipinski definition) is 3. The molecule has 0 atom stereocenters. The van der Waals surface area contributed by atoms with Crippen LogP contribution in [0.15, 0.2) is 22.7 Å². The van der Waals surface area contributed by atoms with Gasteiger partial charge in [-0.3, -0.25) is 9.89 Å². The molecule has 21 heavy (non-hydrogen) atoms. The van der Waals surface area contributed by atoms with Crippen molar-refractivity contribution < 1.29 is 18.0 Å². The molecule has 5 nitrogen and oxygen atoms in total. The molecule has 0 radical (unpaired) electrons. The minimum atomic E-state index is -4.51. The number of halogens is 4. The molecule has 4 N–H and O–H groups in total. The van der Waals surface area contributed by atoms with Crippen molar-refractivity contribution in [3.63, 3.8) is 0 Å². The Kier molecular flexibility index (Phi) is 3.95. The number of nitrogen functional groups attached to an aromatic ring is 1. The zero-order chi connectivity index (χ0) is 15.8. The third kappa shape index (κ3) is 3.35. The number of benzene rings is 1. The van der Waals surface area contributed by atoms with E-state index in [1.165, 1.54) is 6.07 Å². The molecule has 2 aromatic rings. The van der Waals surface area contributed by atoms with Crippen molar-refractivity contribution in [2.24, 2.45) is 0 Å². The summed E-state index contributed by atoms with van der Waals surface area (Å²) in [4.78, 5) is 12.0. The number of nitrogens with one attached hydrogen (secondary N) is 2. The highest BCUT2D eigenvalue weighted by Crippen LogP contribution is 2.33. The molecule has 1 aromatic heterocycles. The number of amides is 1. The maximum Gasteiger partial charge on any atom is 0.416 e. The molecule has 0 fully saturated rings. The fraction of sp³-hybridized carbons (Fsp3) is 0.167. The van der Waals surface area contributed by atoms with Crippen LogP contribution in [0.2, 0.25) is 0 Å². The average molecular weight is 363 g/mol. The quantitative estimate of drug-likeness (QED) is 0.765. The summed E-state index contributed by atoms with van der Waals surface area (Å²) in [6.07, 6.45) is -4.51. The number of carbonyl (C=O) groups excluding carboxylic acids is 1. The Morgan fingerprint density at radius 3 is 2.57 bits per heavy atom. The molecule has 0 bridgehead atoms. The largest absolute Gasteiger partial charge is 0.416 e. The lowest BCUT2D eigenvalue weighted by Gasteiger charge is -2.10. The van der Waals surface area contributed by atoms with E-state index in [0.29, 0.717) is 5.69 Å². The Hall–Kier alpha value is -2.03. The number of aryl methyl sites for hydroxylation is 1. The van der Waals surface area contributed by atoms with E-state index in [1.807, 2.05) is 0 Å². The van der Waals surface area contributed by atoms with Crippen LogP contribution in [0.1, 0.15) is 21.7 Å². The number of alkyl halides is 3. The maximum atomic E-state index is 12.7. The molecule has 9 heteroatoms. The van der Waals surface area contributed by atoms with E-state index in [9.17, 15) is 18.0 Å². The number of nitrogens with two attached hydrogens (primary N) is 1. The lowest BCUT2D eigenvalue weighted by molar-refractivity contribution is -0.137. The number of rotatable bonds is 2. The van der Waals surface area contributed by atoms with Crippen molar-refractivity contribution in [3.05, 3.63) is 39.6 Å². The second-order valence-electron chi connectivity index (χ2n) is 4.29. The highest BCUT2D eigenvalue weighted by Gasteiger charge is 2.31. The van der Waals surface area contributed by atoms with Gasteiger partial charge in [-0.2, -0.15) is 18.3 Å². The number of aromatic nitrogens is 2. The standard InChI is InChI=1S/C12H10BrF3N4O/c1-5-9(17)10(20-19-5)11(21)18-8-3-6(12(14,15)16)2-7(13)4-8/h2-4H,17H2,1H3,(H,18,21)(H,19,20). The second kappa shape index (κ2) is 5.40. The summed E-state index contributed by atoms with van der Waals surface area (Å²) in [5.41, 5.74) is 5.34. The third-order valence-electron chi connectivity index (χ3n) is 2.69. The number of aromatic amines is 1. The van der Waals surface area contributed by atoms with Gasteiger partial charge < -0.3 is 11.1 Å². The van der Waals surface area contributed by atoms with E-state index in [-0.39, 0.29) is 21.5 Å². The van der Waals surface area contributed by atoms with E-state index in [2.05, 4.69) is 31.4 Å². The first-order valence-corrected chi connectivity index (χ1v) is 6.47. The van der Waals surface area contributed by atoms with Gasteiger partial charge in [0.1, 0.15) is 0 Å². The monoisotopic (exact) mass is 362 g/mol. The molecule has 0 spiro atoms. The van der Waals surface area contributed by atoms with Crippen LogP contribution in [0.25, 0.3) is 0 Å². The van der Waals surface area contributed by atoms with Gasteiger partial charge in [-0.1, -0.05) is 15.9 Å². The van der Waals surface area contributed by atoms with Gasteiger partial charge in [-0.15, -0.1) is 0 Å². The molecule has 1 aromatic carbocycles. The van der Waals surface area contributed by atoms with Crippen molar-refractivity contribution in [1.82, 2.24) is 10.2 Å². The Morgan fingerprint density at radius 2 is 2.05 bits per heavy atom. The molecule has 0 saturated heterocycles. The normalized spacial score (nSPS) is 11.5. The van der Waals surface area contributed by atoms with Gasteiger partial charge >= 0.3 is 6.18 Å². The van der Waals surface area contributed by atoms with Crippen LogP contribution in [-0.4, -0.2) is 16.1 Å². The minimum Gasteiger partial charge on any atom is -0.395 e. The van der Waals surface area contributed by atoms with Crippen LogP contribution >= 0.6 is 15.9 Å². The highest BCUT2D eigenvalue weighted by atomic mass is 79.9. The zero-order valence-corrected chi connectivity index (χ0v) is 12.3. The van der Waals surface area contributed by atoms with E-state index < -0.39 is 17.6 Å². The van der Waals surface area contributed by atoms with Crippen molar-refractivity contribution in [1.29, 1.82) is 0 Å². The maximum absolute atomic E-state index is 12.7. The van der Waals surface area contributed by atoms with Crippen LogP contribution < -0.4 is 11.1 Å². The van der Waals surface area contributed by atoms with Crippen LogP contribution in [0.5, 0.6) is 0 Å². The van der Waals surface area contributed by atoms with Gasteiger partial charge in [0.2, 0.25) is 0 Å². The minimum absolute atomic E-state index is 0.0123. The summed E-state index contributed by atoms with van der Waals surface area (Å²) in [7, 11) is 0. The summed E-state index contributed by atoms with van der Waals surface area (Å²) >= 11 is 2.97. The predicted molar refractivity (Wildman–Crippen MR) is 74.8 cm³/mol. The van der Waals surface area contributed by atoms with Crippen LogP contribution in [0.3, 0.4) is 0 Å². The molecule has 112 valence electrons. The Morgan fingerprint density at radius 1 is 1.38 bits per heavy atom. The van der Waals surface area contributed by atoms with Crippen LogP contribution in [-0.2, 0) is 6.18 Å². The summed E-state index contributed by atoms with van der Waals surface area (Å²) < 4.78 is 38.3. The Balaban J connectivity index is 2.30. The molecule has 0 aliphatic carbocycles. The first kappa shape index (κ1) is 15.4. The van der Waals surface area contributed by atoms with Gasteiger partial charge in [0.25, 0.3) is 5.91 Å². The third-order valence-corrected chi connectivity index (χ3v) is 3.15. The second-order valence-corrected chi connectivity index (χ2v) is 5.21. The van der Waals surface area contributed by atoms with Gasteiger partial charge in [-0.25, -0.2) is 0 Å². The predicted octanol–water partition coefficient (Wildman–Crippen LogP) is 3.33. The lowest BCUT2D eigenvalue weighted by Crippen LogP contribution is -2.15. The smallest absolute Gasteiger partial charge is 0.395 e. The van der Waals surface area contributed by atoms with E-state index in [1.54, 1.807) is 6.92 Å². The first-order valence-electron chi connectivity index (χ1n) is 5.68. The molecule has 2 rings (SSSR count). The van der Waals surface area contributed by atoms with Crippen molar-refractivity contribution >= 4 is 33.2 Å². The Labute approximate surface area is 125 Å². The highest BCUT2D eigenvalue weighted by molar-refractivity contribution is 9.10. The first-order chi connectivity index (χ1) is 9.68. The number of H-pyrrole nitrogens is 1. The van der Waals surface area contributed by atoms with Crippen LogP contribution in [0.4, 0.5) is 24.5 Å². The number of nitrogens with zero attached hydrogens (tertiary/aromatic N) is 1. The van der Waals surface area contributed by atoms with Crippen molar-refractivity contribution in [3.8, 4) is 0 Å². The molecular formula is C12H10BrF3N4O. The van der Waals surface area contributed by atoms with Gasteiger partial charge in [0, 0.05) is 10.2 Å². The van der Waals surface area contributed by atoms with E-state index >= 15 is 0 Å². The zero-order valence-electron chi connectivity index (χ0n) is 10.7. The Bertz CT molecular complexity index is 696. The number of hydrogen-bond donors (Lipinski definition) is 3. The average Bonchev–Trinajstić information content (AvgIpc) is 2.68. The van der Waals surface area contributed by atoms with E-state index in [4.69, 9.17) is 5.73 Å². The molecule has 0 saturated carbocycles. The van der Waals surface area contributed by atoms with E-state index in [0.717, 1.165) is 12.1 Å². The van der Waals surface area contributed by atoms with Crippen molar-refractivity contribution in [2.75, 3.05) is 11.1 Å². The topological polar surface area (TPSA) is 83.8 Å². The summed E-state index contributed by atoms with van der Waals surface area (Å²) in [5.74, 6) is -0.692.